The summed E-state index contributed by atoms with van der Waals surface area (Å²) in [6, 6.07) is 0. The van der Waals surface area contributed by atoms with Crippen LogP contribution in [0.15, 0.2) is 0 Å². The standard InChI is InChI=1S/C6H11O2/c1-6(3-7-2)4-8-5-6/h1,3-5H2,2H3. The van der Waals surface area contributed by atoms with Crippen LogP contribution in [0.25, 0.3) is 0 Å². The van der Waals surface area contributed by atoms with Crippen molar-refractivity contribution in [3.8, 4) is 0 Å². The minimum atomic E-state index is 0.0781. The smallest absolute Gasteiger partial charge is 0.0567 e. The molecular formula is C6H11O2. The van der Waals surface area contributed by atoms with E-state index in [0.717, 1.165) is 13.2 Å². The third kappa shape index (κ3) is 1.01. The van der Waals surface area contributed by atoms with E-state index in [0.29, 0.717) is 6.61 Å². The summed E-state index contributed by atoms with van der Waals surface area (Å²) in [6.45, 7) is 6.13. The van der Waals surface area contributed by atoms with Gasteiger partial charge in [0.1, 0.15) is 0 Å². The summed E-state index contributed by atoms with van der Waals surface area (Å²) < 4.78 is 9.85. The Hall–Kier alpha value is -0.0800. The fraction of sp³-hybridized carbons (Fsp3) is 0.833. The van der Waals surface area contributed by atoms with Gasteiger partial charge in [0.25, 0.3) is 0 Å². The van der Waals surface area contributed by atoms with E-state index in [1.165, 1.54) is 0 Å². The summed E-state index contributed by atoms with van der Waals surface area (Å²) >= 11 is 0. The molecule has 1 aliphatic rings. The molecule has 2 heteroatoms. The Balaban J connectivity index is 2.20. The fourth-order valence-corrected chi connectivity index (χ4v) is 0.780. The van der Waals surface area contributed by atoms with Crippen molar-refractivity contribution in [3.63, 3.8) is 0 Å². The molecule has 0 aromatic heterocycles. The van der Waals surface area contributed by atoms with Crippen molar-refractivity contribution in [2.45, 2.75) is 0 Å². The van der Waals surface area contributed by atoms with E-state index in [1.807, 2.05) is 0 Å². The van der Waals surface area contributed by atoms with Crippen LogP contribution in [0.4, 0.5) is 0 Å². The zero-order valence-electron chi connectivity index (χ0n) is 5.14. The van der Waals surface area contributed by atoms with Crippen LogP contribution in [-0.2, 0) is 9.47 Å². The lowest BCUT2D eigenvalue weighted by atomic mass is 9.90. The minimum absolute atomic E-state index is 0.0781. The van der Waals surface area contributed by atoms with Crippen LogP contribution in [-0.4, -0.2) is 26.9 Å². The maximum atomic E-state index is 4.95. The largest absolute Gasteiger partial charge is 0.384 e. The lowest BCUT2D eigenvalue weighted by molar-refractivity contribution is -0.115. The molecule has 0 amide bonds. The highest BCUT2D eigenvalue weighted by molar-refractivity contribution is 4.87. The number of ether oxygens (including phenoxy) is 2. The Kier molecular flexibility index (Phi) is 1.54. The fourth-order valence-electron chi connectivity index (χ4n) is 0.780. The van der Waals surface area contributed by atoms with E-state index in [-0.39, 0.29) is 5.41 Å². The van der Waals surface area contributed by atoms with Crippen LogP contribution in [0.3, 0.4) is 0 Å². The molecule has 8 heavy (non-hydrogen) atoms. The Morgan fingerprint density at radius 2 is 2.38 bits per heavy atom. The quantitative estimate of drug-likeness (QED) is 0.521. The third-order valence-electron chi connectivity index (χ3n) is 1.27. The van der Waals surface area contributed by atoms with Gasteiger partial charge in [-0.05, 0) is 6.92 Å². The summed E-state index contributed by atoms with van der Waals surface area (Å²) in [6.07, 6.45) is 0. The van der Waals surface area contributed by atoms with E-state index >= 15 is 0 Å². The molecule has 0 aromatic carbocycles. The van der Waals surface area contributed by atoms with Gasteiger partial charge in [-0.3, -0.25) is 0 Å². The molecule has 47 valence electrons. The van der Waals surface area contributed by atoms with Crippen LogP contribution < -0.4 is 0 Å². The first-order valence-corrected chi connectivity index (χ1v) is 2.69. The molecule has 0 saturated carbocycles. The van der Waals surface area contributed by atoms with Crippen molar-refractivity contribution in [1.29, 1.82) is 0 Å². The molecule has 1 aliphatic heterocycles. The average Bonchev–Trinajstić information content (AvgIpc) is 1.64. The van der Waals surface area contributed by atoms with Crippen molar-refractivity contribution in [2.24, 2.45) is 5.41 Å². The Bertz CT molecular complexity index is 76.6. The Morgan fingerprint density at radius 3 is 2.50 bits per heavy atom. The van der Waals surface area contributed by atoms with Crippen LogP contribution >= 0.6 is 0 Å². The van der Waals surface area contributed by atoms with Crippen molar-refractivity contribution >= 4 is 0 Å². The van der Waals surface area contributed by atoms with Gasteiger partial charge in [-0.15, -0.1) is 0 Å². The number of rotatable bonds is 2. The van der Waals surface area contributed by atoms with E-state index in [9.17, 15) is 0 Å². The third-order valence-corrected chi connectivity index (χ3v) is 1.27. The molecule has 0 atom stereocenters. The molecular weight excluding hydrogens is 104 g/mol. The first-order chi connectivity index (χ1) is 3.77. The van der Waals surface area contributed by atoms with Gasteiger partial charge in [0.15, 0.2) is 0 Å². The number of hydrogen-bond donors (Lipinski definition) is 0. The second-order valence-electron chi connectivity index (χ2n) is 2.43. The summed E-state index contributed by atoms with van der Waals surface area (Å²) in [5, 5.41) is 0. The predicted octanol–water partition coefficient (Wildman–Crippen LogP) is 0.483. The second-order valence-corrected chi connectivity index (χ2v) is 2.43. The Morgan fingerprint density at radius 1 is 1.75 bits per heavy atom. The average molecular weight is 115 g/mol. The van der Waals surface area contributed by atoms with Crippen molar-refractivity contribution in [1.82, 2.24) is 0 Å². The molecule has 0 unspecified atom stereocenters. The van der Waals surface area contributed by atoms with E-state index in [2.05, 4.69) is 6.92 Å². The minimum Gasteiger partial charge on any atom is -0.384 e. The van der Waals surface area contributed by atoms with Crippen molar-refractivity contribution in [3.05, 3.63) is 6.92 Å². The molecule has 1 rings (SSSR count). The topological polar surface area (TPSA) is 18.5 Å². The second kappa shape index (κ2) is 2.03. The summed E-state index contributed by atoms with van der Waals surface area (Å²) in [7, 11) is 1.69. The predicted molar refractivity (Wildman–Crippen MR) is 30.5 cm³/mol. The highest BCUT2D eigenvalue weighted by atomic mass is 16.5. The molecule has 1 radical (unpaired) electrons. The van der Waals surface area contributed by atoms with Gasteiger partial charge >= 0.3 is 0 Å². The molecule has 1 saturated heterocycles. The lowest BCUT2D eigenvalue weighted by Gasteiger charge is -2.36. The van der Waals surface area contributed by atoms with Gasteiger partial charge in [0, 0.05) is 12.5 Å². The maximum Gasteiger partial charge on any atom is 0.0567 e. The Labute approximate surface area is 49.8 Å². The van der Waals surface area contributed by atoms with Gasteiger partial charge < -0.3 is 9.47 Å². The van der Waals surface area contributed by atoms with Gasteiger partial charge in [0.2, 0.25) is 0 Å². The zero-order chi connectivity index (χ0) is 6.04. The number of hydrogen-bond acceptors (Lipinski definition) is 2. The monoisotopic (exact) mass is 115 g/mol. The molecule has 2 nitrogen and oxygen atoms in total. The molecule has 0 bridgehead atoms. The van der Waals surface area contributed by atoms with E-state index in [4.69, 9.17) is 9.47 Å². The maximum absolute atomic E-state index is 4.95. The normalized spacial score (nSPS) is 24.8. The highest BCUT2D eigenvalue weighted by Crippen LogP contribution is 2.25. The van der Waals surface area contributed by atoms with Crippen LogP contribution in [0.1, 0.15) is 0 Å². The number of methoxy groups -OCH3 is 1. The van der Waals surface area contributed by atoms with Gasteiger partial charge in [-0.1, -0.05) is 0 Å². The molecule has 1 fully saturated rings. The lowest BCUT2D eigenvalue weighted by Crippen LogP contribution is -2.43. The van der Waals surface area contributed by atoms with Crippen LogP contribution in [0, 0.1) is 12.3 Å². The SMILES string of the molecule is [CH2]C1(COC)COC1. The van der Waals surface area contributed by atoms with Crippen LogP contribution in [0.2, 0.25) is 0 Å². The van der Waals surface area contributed by atoms with E-state index in [1.54, 1.807) is 7.11 Å². The van der Waals surface area contributed by atoms with Gasteiger partial charge in [0.05, 0.1) is 19.8 Å². The van der Waals surface area contributed by atoms with Gasteiger partial charge in [-0.2, -0.15) is 0 Å². The molecule has 1 heterocycles. The van der Waals surface area contributed by atoms with Crippen molar-refractivity contribution < 1.29 is 9.47 Å². The summed E-state index contributed by atoms with van der Waals surface area (Å²) in [5.41, 5.74) is 0.0781. The molecule has 0 N–H and O–H groups in total. The summed E-state index contributed by atoms with van der Waals surface area (Å²) in [4.78, 5) is 0. The van der Waals surface area contributed by atoms with Gasteiger partial charge in [-0.25, -0.2) is 0 Å². The molecule has 0 spiro atoms. The summed E-state index contributed by atoms with van der Waals surface area (Å²) in [5.74, 6) is 0. The first kappa shape index (κ1) is 6.05. The highest BCUT2D eigenvalue weighted by Gasteiger charge is 2.33. The molecule has 0 aromatic rings. The zero-order valence-corrected chi connectivity index (χ0v) is 5.14. The van der Waals surface area contributed by atoms with Crippen LogP contribution in [0.5, 0.6) is 0 Å². The first-order valence-electron chi connectivity index (χ1n) is 2.69. The molecule has 0 aliphatic carbocycles. The van der Waals surface area contributed by atoms with E-state index < -0.39 is 0 Å². The van der Waals surface area contributed by atoms with Crippen molar-refractivity contribution in [2.75, 3.05) is 26.9 Å².